The predicted octanol–water partition coefficient (Wildman–Crippen LogP) is 0.473. The van der Waals surface area contributed by atoms with Crippen LogP contribution in [0.5, 0.6) is 0 Å². The summed E-state index contributed by atoms with van der Waals surface area (Å²) in [5.74, 6) is 0.329. The summed E-state index contributed by atoms with van der Waals surface area (Å²) in [5.41, 5.74) is 0. The van der Waals surface area contributed by atoms with Gasteiger partial charge in [-0.05, 0) is 16.2 Å². The van der Waals surface area contributed by atoms with Gasteiger partial charge in [-0.3, -0.25) is 0 Å². The Labute approximate surface area is 49.2 Å². The molecule has 0 aliphatic carbocycles. The molecule has 0 aromatic rings. The highest BCUT2D eigenvalue weighted by molar-refractivity contribution is 6.05. The highest BCUT2D eigenvalue weighted by Gasteiger charge is 1.83. The molecule has 0 unspecified atom stereocenters. The molecule has 1 nitrogen and oxygen atoms in total. The molecule has 2 heteroatoms. The number of hydrogen-bond donors (Lipinski definition) is 0. The van der Waals surface area contributed by atoms with E-state index >= 15 is 0 Å². The minimum atomic E-state index is 0.0556. The highest BCUT2D eigenvalue weighted by Crippen LogP contribution is 1.84. The van der Waals surface area contributed by atoms with Gasteiger partial charge in [0.25, 0.3) is 0 Å². The van der Waals surface area contributed by atoms with Gasteiger partial charge in [0.1, 0.15) is 0 Å². The van der Waals surface area contributed by atoms with Crippen LogP contribution in [0.1, 0.15) is 13.8 Å². The molecule has 0 bridgehead atoms. The quantitative estimate of drug-likeness (QED) is 0.447. The van der Waals surface area contributed by atoms with E-state index in [0.717, 1.165) is 0 Å². The van der Waals surface area contributed by atoms with Gasteiger partial charge >= 0.3 is 0 Å². The zero-order valence-corrected chi connectivity index (χ0v) is 7.69. The van der Waals surface area contributed by atoms with Crippen molar-refractivity contribution >= 4 is 10.2 Å². The molecule has 0 saturated carbocycles. The van der Waals surface area contributed by atoms with Gasteiger partial charge < -0.3 is 0 Å². The monoisotopic (exact) mass is 119 g/mol. The summed E-state index contributed by atoms with van der Waals surface area (Å²) in [5, 5.41) is 9.63. The number of hydrogen-bond acceptors (Lipinski definition) is 0. The van der Waals surface area contributed by atoms with Crippen molar-refractivity contribution in [2.45, 2.75) is 20.4 Å². The third kappa shape index (κ3) is 22.7. The zero-order valence-electron chi connectivity index (χ0n) is 5.69. The smallest absolute Gasteiger partial charge is 0.0845 e. The Morgan fingerprint density at radius 1 is 1.43 bits per heavy atom. The Bertz CT molecular complexity index is 22.0. The lowest BCUT2D eigenvalue weighted by molar-refractivity contribution is 0.158. The van der Waals surface area contributed by atoms with Crippen LogP contribution in [0.4, 0.5) is 0 Å². The average molecular weight is 119 g/mol. The van der Waals surface area contributed by atoms with E-state index in [1.165, 1.54) is 10.2 Å². The Morgan fingerprint density at radius 2 is 1.57 bits per heavy atom. The molecule has 0 aromatic carbocycles. The van der Waals surface area contributed by atoms with Crippen LogP contribution >= 0.6 is 0 Å². The Kier molecular flexibility index (Phi) is 13.8. The Balaban J connectivity index is 0. The molecule has 7 heavy (non-hydrogen) atoms. The normalized spacial score (nSPS) is 8.14. The van der Waals surface area contributed by atoms with E-state index in [9.17, 15) is 5.11 Å². The first-order valence-corrected chi connectivity index (χ1v) is 4.85. The molecule has 45 valence electrons. The van der Waals surface area contributed by atoms with E-state index in [1.54, 1.807) is 0 Å². The summed E-state index contributed by atoms with van der Waals surface area (Å²) in [6.07, 6.45) is 0. The van der Waals surface area contributed by atoms with Gasteiger partial charge in [-0.15, -0.1) is 0 Å². The maximum atomic E-state index is 9.63. The second kappa shape index (κ2) is 9.49. The molecule has 0 saturated heterocycles. The zero-order chi connectivity index (χ0) is 6.28. The summed E-state index contributed by atoms with van der Waals surface area (Å²) in [7, 11) is 1.31. The summed E-state index contributed by atoms with van der Waals surface area (Å²) < 4.78 is 0. The second-order valence-electron chi connectivity index (χ2n) is 1.56. The molecular formula is C5H15OSi. The van der Waals surface area contributed by atoms with Crippen LogP contribution in [0.25, 0.3) is 0 Å². The standard InChI is InChI=1S/C4H9O.CH6Si/c1-4(2)3-5;1-2/h4H,3H2,1-2H3;1-2H3. The fourth-order valence-corrected chi connectivity index (χ4v) is 0. The van der Waals surface area contributed by atoms with Crippen molar-refractivity contribution in [3.05, 3.63) is 0 Å². The fourth-order valence-electron chi connectivity index (χ4n) is 0. The van der Waals surface area contributed by atoms with E-state index in [1.807, 2.05) is 13.8 Å². The van der Waals surface area contributed by atoms with E-state index in [-0.39, 0.29) is 6.61 Å². The molecular weight excluding hydrogens is 104 g/mol. The Hall–Kier alpha value is 0.177. The molecule has 0 rings (SSSR count). The topological polar surface area (TPSA) is 19.9 Å². The summed E-state index contributed by atoms with van der Waals surface area (Å²) in [6, 6.07) is 0. The van der Waals surface area contributed by atoms with Crippen LogP contribution in [-0.4, -0.2) is 16.8 Å². The third-order valence-electron chi connectivity index (χ3n) is 0.333. The minimum absolute atomic E-state index is 0.0556. The largest absolute Gasteiger partial charge is 0.236 e. The lowest BCUT2D eigenvalue weighted by Crippen LogP contribution is -1.88. The molecule has 0 aliphatic heterocycles. The molecule has 0 fully saturated rings. The van der Waals surface area contributed by atoms with Gasteiger partial charge in [0.15, 0.2) is 0 Å². The summed E-state index contributed by atoms with van der Waals surface area (Å²) in [6.45, 7) is 6.01. The first kappa shape index (κ1) is 10.2. The lowest BCUT2D eigenvalue weighted by atomic mass is 10.2. The third-order valence-corrected chi connectivity index (χ3v) is 0.333. The molecule has 0 aromatic heterocycles. The van der Waals surface area contributed by atoms with Gasteiger partial charge in [0.2, 0.25) is 0 Å². The van der Waals surface area contributed by atoms with Crippen LogP contribution in [0.15, 0.2) is 0 Å². The van der Waals surface area contributed by atoms with Gasteiger partial charge in [-0.25, -0.2) is 5.11 Å². The van der Waals surface area contributed by atoms with Crippen LogP contribution < -0.4 is 0 Å². The van der Waals surface area contributed by atoms with Crippen molar-refractivity contribution in [1.82, 2.24) is 0 Å². The van der Waals surface area contributed by atoms with Crippen molar-refractivity contribution in [3.63, 3.8) is 0 Å². The van der Waals surface area contributed by atoms with E-state index < -0.39 is 0 Å². The van der Waals surface area contributed by atoms with E-state index in [2.05, 4.69) is 6.55 Å². The predicted molar refractivity (Wildman–Crippen MR) is 36.2 cm³/mol. The lowest BCUT2D eigenvalue weighted by Gasteiger charge is -1.87. The first-order chi connectivity index (χ1) is 3.27. The van der Waals surface area contributed by atoms with Crippen molar-refractivity contribution in [1.29, 1.82) is 0 Å². The summed E-state index contributed by atoms with van der Waals surface area (Å²) >= 11 is 0. The van der Waals surface area contributed by atoms with Crippen molar-refractivity contribution < 1.29 is 5.11 Å². The van der Waals surface area contributed by atoms with Crippen LogP contribution in [0.3, 0.4) is 0 Å². The van der Waals surface area contributed by atoms with Crippen LogP contribution in [0.2, 0.25) is 6.55 Å². The first-order valence-electron chi connectivity index (χ1n) is 2.85. The summed E-state index contributed by atoms with van der Waals surface area (Å²) in [4.78, 5) is 0. The Morgan fingerprint density at radius 3 is 1.57 bits per heavy atom. The van der Waals surface area contributed by atoms with Gasteiger partial charge in [0.05, 0.1) is 6.61 Å². The van der Waals surface area contributed by atoms with Crippen molar-refractivity contribution in [2.24, 2.45) is 5.92 Å². The molecule has 0 aliphatic rings. The molecule has 1 radical (unpaired) electrons. The maximum absolute atomic E-state index is 9.63. The van der Waals surface area contributed by atoms with Gasteiger partial charge in [-0.1, -0.05) is 20.4 Å². The maximum Gasteiger partial charge on any atom is 0.0845 e. The number of rotatable bonds is 1. The SMILES string of the molecule is CC(C)C[O].C[SiH3]. The molecule has 0 amide bonds. The minimum Gasteiger partial charge on any atom is -0.236 e. The molecule has 0 atom stereocenters. The molecule has 0 heterocycles. The van der Waals surface area contributed by atoms with Crippen molar-refractivity contribution in [2.75, 3.05) is 6.61 Å². The van der Waals surface area contributed by atoms with Gasteiger partial charge in [0, 0.05) is 0 Å². The highest BCUT2D eigenvalue weighted by atomic mass is 28.1. The van der Waals surface area contributed by atoms with E-state index in [0.29, 0.717) is 5.92 Å². The molecule has 0 N–H and O–H groups in total. The fraction of sp³-hybridized carbons (Fsp3) is 1.00. The van der Waals surface area contributed by atoms with Gasteiger partial charge in [-0.2, -0.15) is 0 Å². The van der Waals surface area contributed by atoms with Crippen LogP contribution in [-0.2, 0) is 5.11 Å². The second-order valence-corrected chi connectivity index (χ2v) is 1.56. The van der Waals surface area contributed by atoms with Crippen molar-refractivity contribution in [3.8, 4) is 0 Å². The average Bonchev–Trinajstić information content (AvgIpc) is 1.73. The molecule has 0 spiro atoms. The van der Waals surface area contributed by atoms with E-state index in [4.69, 9.17) is 0 Å². The van der Waals surface area contributed by atoms with Crippen LogP contribution in [0, 0.1) is 5.92 Å².